The molecule has 7 heteroatoms. The Morgan fingerprint density at radius 1 is 1.04 bits per heavy atom. The molecule has 0 bridgehead atoms. The lowest BCUT2D eigenvalue weighted by atomic mass is 9.85. The number of aryl methyl sites for hydroxylation is 1. The summed E-state index contributed by atoms with van der Waals surface area (Å²) in [6.07, 6.45) is 6.17. The zero-order valence-corrected chi connectivity index (χ0v) is 15.5. The van der Waals surface area contributed by atoms with Crippen LogP contribution in [0.15, 0.2) is 43.0 Å². The van der Waals surface area contributed by atoms with E-state index in [2.05, 4.69) is 22.3 Å². The van der Waals surface area contributed by atoms with Crippen LogP contribution in [-0.2, 0) is 22.6 Å². The number of hydrogen-bond donors (Lipinski definition) is 0. The second kappa shape index (κ2) is 7.50. The highest BCUT2D eigenvalue weighted by molar-refractivity contribution is 5.87. The summed E-state index contributed by atoms with van der Waals surface area (Å²) in [7, 11) is 0. The van der Waals surface area contributed by atoms with Gasteiger partial charge in [-0.05, 0) is 24.8 Å². The molecule has 2 amide bonds. The normalized spacial score (nSPS) is 22.1. The predicted octanol–water partition coefficient (Wildman–Crippen LogP) is 1.36. The van der Waals surface area contributed by atoms with Crippen LogP contribution in [0, 0.1) is 5.41 Å². The molecule has 1 spiro atoms. The molecule has 1 atom stereocenters. The van der Waals surface area contributed by atoms with E-state index < -0.39 is 0 Å². The molecule has 2 aromatic rings. The highest BCUT2D eigenvalue weighted by atomic mass is 16.2. The van der Waals surface area contributed by atoms with E-state index in [1.165, 1.54) is 5.56 Å². The number of carbonyl (C=O) groups is 2. The Labute approximate surface area is 159 Å². The predicted molar refractivity (Wildman–Crippen MR) is 99.6 cm³/mol. The number of amides is 2. The van der Waals surface area contributed by atoms with Gasteiger partial charge in [0.15, 0.2) is 0 Å². The molecule has 27 heavy (non-hydrogen) atoms. The number of likely N-dealkylation sites (tertiary alicyclic amines) is 2. The van der Waals surface area contributed by atoms with Crippen LogP contribution in [0.25, 0.3) is 0 Å². The van der Waals surface area contributed by atoms with E-state index >= 15 is 0 Å². The van der Waals surface area contributed by atoms with Crippen LogP contribution in [0.4, 0.5) is 0 Å². The molecular formula is C20H25N5O2. The summed E-state index contributed by atoms with van der Waals surface area (Å²) in [5.41, 5.74) is 0.895. The van der Waals surface area contributed by atoms with Crippen molar-refractivity contribution in [1.82, 2.24) is 24.6 Å². The summed E-state index contributed by atoms with van der Waals surface area (Å²) in [5, 5.41) is 7.50. The molecule has 1 aromatic heterocycles. The Balaban J connectivity index is 1.30. The van der Waals surface area contributed by atoms with Crippen molar-refractivity contribution in [3.63, 3.8) is 0 Å². The fourth-order valence-electron chi connectivity index (χ4n) is 4.20. The van der Waals surface area contributed by atoms with Gasteiger partial charge in [0.05, 0.1) is 5.41 Å². The first-order valence-electron chi connectivity index (χ1n) is 9.60. The van der Waals surface area contributed by atoms with Gasteiger partial charge in [-0.15, -0.1) is 10.2 Å². The van der Waals surface area contributed by atoms with Crippen LogP contribution >= 0.6 is 0 Å². The van der Waals surface area contributed by atoms with Gasteiger partial charge in [0, 0.05) is 39.1 Å². The summed E-state index contributed by atoms with van der Waals surface area (Å²) < 4.78 is 1.80. The molecule has 2 fully saturated rings. The molecule has 2 aliphatic rings. The first kappa shape index (κ1) is 17.7. The van der Waals surface area contributed by atoms with E-state index in [0.29, 0.717) is 26.1 Å². The molecule has 0 radical (unpaired) electrons. The topological polar surface area (TPSA) is 71.3 Å². The maximum atomic E-state index is 13.0. The van der Waals surface area contributed by atoms with E-state index in [4.69, 9.17) is 0 Å². The Bertz CT molecular complexity index is 792. The van der Waals surface area contributed by atoms with Gasteiger partial charge in [-0.2, -0.15) is 0 Å². The molecular weight excluding hydrogens is 342 g/mol. The molecule has 0 aliphatic carbocycles. The summed E-state index contributed by atoms with van der Waals surface area (Å²) >= 11 is 0. The maximum absolute atomic E-state index is 13.0. The standard InChI is InChI=1S/C20H25N5O2/c26-18(7-10-23-15-21-22-16-23)25-13-9-20(14-25)8-12-24(19(20)27)11-6-17-4-2-1-3-5-17/h1-5,15-16H,6-14H2. The van der Waals surface area contributed by atoms with Gasteiger partial charge in [-0.1, -0.05) is 30.3 Å². The quantitative estimate of drug-likeness (QED) is 0.773. The Morgan fingerprint density at radius 3 is 2.56 bits per heavy atom. The summed E-state index contributed by atoms with van der Waals surface area (Å²) in [5.74, 6) is 0.337. The summed E-state index contributed by atoms with van der Waals surface area (Å²) in [4.78, 5) is 29.4. The van der Waals surface area contributed by atoms with Gasteiger partial charge in [-0.25, -0.2) is 0 Å². The lowest BCUT2D eigenvalue weighted by Gasteiger charge is -2.24. The Kier molecular flexibility index (Phi) is 4.92. The number of aromatic nitrogens is 3. The van der Waals surface area contributed by atoms with Crippen molar-refractivity contribution in [2.75, 3.05) is 26.2 Å². The van der Waals surface area contributed by atoms with Crippen LogP contribution in [0.5, 0.6) is 0 Å². The number of benzene rings is 1. The molecule has 3 heterocycles. The summed E-state index contributed by atoms with van der Waals surface area (Å²) in [6.45, 7) is 3.38. The van der Waals surface area contributed by atoms with E-state index in [1.807, 2.05) is 28.0 Å². The number of carbonyl (C=O) groups excluding carboxylic acids is 2. The van der Waals surface area contributed by atoms with Crippen LogP contribution < -0.4 is 0 Å². The number of hydrogen-bond acceptors (Lipinski definition) is 4. The van der Waals surface area contributed by atoms with Gasteiger partial charge in [-0.3, -0.25) is 9.59 Å². The third kappa shape index (κ3) is 3.72. The SMILES string of the molecule is O=C(CCn1cnnc1)N1CCC2(CCN(CCc3ccccc3)C2=O)C1. The lowest BCUT2D eigenvalue weighted by molar-refractivity contribution is -0.136. The Morgan fingerprint density at radius 2 is 1.78 bits per heavy atom. The fraction of sp³-hybridized carbons (Fsp3) is 0.500. The monoisotopic (exact) mass is 367 g/mol. The molecule has 4 rings (SSSR count). The Hall–Kier alpha value is -2.70. The maximum Gasteiger partial charge on any atom is 0.230 e. The van der Waals surface area contributed by atoms with Crippen LogP contribution in [0.1, 0.15) is 24.8 Å². The highest BCUT2D eigenvalue weighted by Crippen LogP contribution is 2.40. The van der Waals surface area contributed by atoms with E-state index in [1.54, 1.807) is 17.2 Å². The van der Waals surface area contributed by atoms with Crippen molar-refractivity contribution in [2.45, 2.75) is 32.2 Å². The minimum atomic E-state index is -0.358. The van der Waals surface area contributed by atoms with Gasteiger partial charge in [0.1, 0.15) is 12.7 Å². The molecule has 0 N–H and O–H groups in total. The molecule has 1 unspecified atom stereocenters. The average molecular weight is 367 g/mol. The van der Waals surface area contributed by atoms with Crippen molar-refractivity contribution in [3.05, 3.63) is 48.5 Å². The van der Waals surface area contributed by atoms with Crippen molar-refractivity contribution >= 4 is 11.8 Å². The molecule has 1 aromatic carbocycles. The smallest absolute Gasteiger partial charge is 0.230 e. The molecule has 2 saturated heterocycles. The van der Waals surface area contributed by atoms with E-state index in [-0.39, 0.29) is 17.2 Å². The zero-order valence-electron chi connectivity index (χ0n) is 15.5. The van der Waals surface area contributed by atoms with Gasteiger partial charge in [0.25, 0.3) is 0 Å². The van der Waals surface area contributed by atoms with E-state index in [0.717, 1.165) is 32.4 Å². The zero-order chi connectivity index (χ0) is 18.7. The number of rotatable bonds is 6. The van der Waals surface area contributed by atoms with Crippen LogP contribution in [0.3, 0.4) is 0 Å². The van der Waals surface area contributed by atoms with Crippen LogP contribution in [0.2, 0.25) is 0 Å². The van der Waals surface area contributed by atoms with Gasteiger partial charge >= 0.3 is 0 Å². The molecule has 2 aliphatic heterocycles. The number of nitrogens with zero attached hydrogens (tertiary/aromatic N) is 5. The average Bonchev–Trinajstić information content (AvgIpc) is 3.43. The molecule has 0 saturated carbocycles. The minimum absolute atomic E-state index is 0.108. The van der Waals surface area contributed by atoms with Crippen LogP contribution in [-0.4, -0.2) is 62.6 Å². The lowest BCUT2D eigenvalue weighted by Crippen LogP contribution is -2.39. The second-order valence-electron chi connectivity index (χ2n) is 7.57. The highest BCUT2D eigenvalue weighted by Gasteiger charge is 2.51. The van der Waals surface area contributed by atoms with Crippen molar-refractivity contribution in [1.29, 1.82) is 0 Å². The third-order valence-corrected chi connectivity index (χ3v) is 5.87. The first-order chi connectivity index (χ1) is 13.2. The molecule has 142 valence electrons. The first-order valence-corrected chi connectivity index (χ1v) is 9.60. The van der Waals surface area contributed by atoms with Crippen molar-refractivity contribution in [3.8, 4) is 0 Å². The van der Waals surface area contributed by atoms with E-state index in [9.17, 15) is 9.59 Å². The molecule has 7 nitrogen and oxygen atoms in total. The minimum Gasteiger partial charge on any atom is -0.342 e. The van der Waals surface area contributed by atoms with Crippen molar-refractivity contribution in [2.24, 2.45) is 5.41 Å². The van der Waals surface area contributed by atoms with Gasteiger partial charge < -0.3 is 14.4 Å². The third-order valence-electron chi connectivity index (χ3n) is 5.87. The van der Waals surface area contributed by atoms with Gasteiger partial charge in [0.2, 0.25) is 11.8 Å². The largest absolute Gasteiger partial charge is 0.342 e. The second-order valence-corrected chi connectivity index (χ2v) is 7.57. The summed E-state index contributed by atoms with van der Waals surface area (Å²) in [6, 6.07) is 10.3. The fourth-order valence-corrected chi connectivity index (χ4v) is 4.20. The van der Waals surface area contributed by atoms with Crippen molar-refractivity contribution < 1.29 is 9.59 Å².